The van der Waals surface area contributed by atoms with E-state index in [2.05, 4.69) is 34.8 Å². The van der Waals surface area contributed by atoms with Crippen LogP contribution in [-0.4, -0.2) is 22.7 Å². The van der Waals surface area contributed by atoms with Gasteiger partial charge in [0.1, 0.15) is 0 Å². The Hall–Kier alpha value is -0.773. The van der Waals surface area contributed by atoms with Crippen molar-refractivity contribution >= 4 is 32.9 Å². The molecular weight excluding hydrogens is 129 g/mol. The Morgan fingerprint density at radius 3 is 2.91 bits per heavy atom. The Balaban J connectivity index is 2.83. The summed E-state index contributed by atoms with van der Waals surface area (Å²) in [5.41, 5.74) is 1.07. The van der Waals surface area contributed by atoms with E-state index in [0.29, 0.717) is 0 Å². The fraction of sp³-hybridized carbons (Fsp3) is 0. The zero-order valence-corrected chi connectivity index (χ0v) is 6.41. The summed E-state index contributed by atoms with van der Waals surface area (Å²) in [5, 5.41) is 1.22. The van der Waals surface area contributed by atoms with Crippen LogP contribution in [0.5, 0.6) is 0 Å². The fourth-order valence-corrected chi connectivity index (χ4v) is 1.18. The molecular formula is C9H6LiN. The quantitative estimate of drug-likeness (QED) is 0.491. The van der Waals surface area contributed by atoms with Crippen LogP contribution in [0, 0.1) is 0 Å². The van der Waals surface area contributed by atoms with Crippen LogP contribution in [0.1, 0.15) is 0 Å². The molecule has 0 fully saturated rings. The van der Waals surface area contributed by atoms with Crippen molar-refractivity contribution in [3.63, 3.8) is 0 Å². The third-order valence-corrected chi connectivity index (χ3v) is 1.73. The molecule has 0 atom stereocenters. The van der Waals surface area contributed by atoms with Gasteiger partial charge in [-0.1, -0.05) is 0 Å². The van der Waals surface area contributed by atoms with Crippen LogP contribution >= 0.6 is 0 Å². The number of benzene rings is 1. The van der Waals surface area contributed by atoms with Crippen molar-refractivity contribution in [2.24, 2.45) is 0 Å². The molecule has 0 bridgehead atoms. The van der Waals surface area contributed by atoms with Gasteiger partial charge >= 0.3 is 74.4 Å². The number of aromatic nitrogens is 1. The monoisotopic (exact) mass is 135 g/mol. The first-order chi connectivity index (χ1) is 5.36. The number of hydrogen-bond acceptors (Lipinski definition) is 1. The molecule has 2 rings (SSSR count). The topological polar surface area (TPSA) is 12.9 Å². The van der Waals surface area contributed by atoms with Crippen LogP contribution in [0.4, 0.5) is 0 Å². The minimum atomic E-state index is 1.07. The summed E-state index contributed by atoms with van der Waals surface area (Å²) in [5.74, 6) is 0. The van der Waals surface area contributed by atoms with E-state index in [4.69, 9.17) is 0 Å². The summed E-state index contributed by atoms with van der Waals surface area (Å²) < 4.78 is 1.21. The van der Waals surface area contributed by atoms with Gasteiger partial charge in [-0.2, -0.15) is 0 Å². The van der Waals surface area contributed by atoms with E-state index < -0.39 is 0 Å². The molecule has 0 aliphatic carbocycles. The zero-order valence-electron chi connectivity index (χ0n) is 6.41. The van der Waals surface area contributed by atoms with Gasteiger partial charge in [-0.05, 0) is 0 Å². The summed E-state index contributed by atoms with van der Waals surface area (Å²) >= 11 is 2.06. The number of nitrogens with zero attached hydrogens (tertiary/aromatic N) is 1. The third-order valence-electron chi connectivity index (χ3n) is 1.73. The molecule has 11 heavy (non-hydrogen) atoms. The van der Waals surface area contributed by atoms with Gasteiger partial charge in [0, 0.05) is 0 Å². The average Bonchev–Trinajstić information content (AvgIpc) is 2.04. The zero-order chi connectivity index (χ0) is 7.68. The minimum absolute atomic E-state index is 1.07. The molecule has 0 unspecified atom stereocenters. The van der Waals surface area contributed by atoms with Crippen molar-refractivity contribution in [1.82, 2.24) is 4.98 Å². The molecule has 0 saturated carbocycles. The summed E-state index contributed by atoms with van der Waals surface area (Å²) in [6, 6.07) is 10.3. The SMILES string of the molecule is [Li][c]1cnc2ccccc2c1. The van der Waals surface area contributed by atoms with Crippen molar-refractivity contribution in [2.75, 3.05) is 0 Å². The molecule has 0 spiro atoms. The number of fused-ring (bicyclic) bond motifs is 1. The van der Waals surface area contributed by atoms with E-state index in [9.17, 15) is 0 Å². The molecule has 0 radical (unpaired) electrons. The van der Waals surface area contributed by atoms with Gasteiger partial charge in [0.25, 0.3) is 0 Å². The van der Waals surface area contributed by atoms with Gasteiger partial charge in [0.2, 0.25) is 0 Å². The van der Waals surface area contributed by atoms with Crippen LogP contribution < -0.4 is 4.24 Å². The number of hydrogen-bond donors (Lipinski definition) is 0. The van der Waals surface area contributed by atoms with Crippen molar-refractivity contribution in [3.8, 4) is 0 Å². The molecule has 2 aromatic rings. The first kappa shape index (κ1) is 6.91. The molecule has 1 nitrogen and oxygen atoms in total. The maximum atomic E-state index is 4.28. The summed E-state index contributed by atoms with van der Waals surface area (Å²) in [6.07, 6.45) is 1.89. The molecule has 1 aromatic carbocycles. The van der Waals surface area contributed by atoms with Crippen LogP contribution in [-0.2, 0) is 0 Å². The molecule has 0 aliphatic heterocycles. The molecule has 1 aromatic heterocycles. The number of para-hydroxylation sites is 1. The second-order valence-electron chi connectivity index (χ2n) is 2.71. The Labute approximate surface area is 74.7 Å². The van der Waals surface area contributed by atoms with E-state index in [1.54, 1.807) is 0 Å². The van der Waals surface area contributed by atoms with Gasteiger partial charge in [-0.3, -0.25) is 0 Å². The predicted molar refractivity (Wildman–Crippen MR) is 47.1 cm³/mol. The molecule has 0 N–H and O–H groups in total. The molecule has 2 heteroatoms. The molecule has 0 aliphatic rings. The van der Waals surface area contributed by atoms with E-state index in [-0.39, 0.29) is 0 Å². The van der Waals surface area contributed by atoms with Crippen molar-refractivity contribution in [3.05, 3.63) is 36.5 Å². The summed E-state index contributed by atoms with van der Waals surface area (Å²) in [4.78, 5) is 4.28. The molecule has 1 heterocycles. The van der Waals surface area contributed by atoms with Gasteiger partial charge in [0.05, 0.1) is 0 Å². The molecule has 0 amide bonds. The Morgan fingerprint density at radius 2 is 2.00 bits per heavy atom. The van der Waals surface area contributed by atoms with E-state index in [1.165, 1.54) is 9.62 Å². The third kappa shape index (κ3) is 1.30. The van der Waals surface area contributed by atoms with E-state index in [1.807, 2.05) is 24.4 Å². The molecule has 48 valence electrons. The fourth-order valence-electron chi connectivity index (χ4n) is 1.18. The van der Waals surface area contributed by atoms with Crippen LogP contribution in [0.15, 0.2) is 36.5 Å². The van der Waals surface area contributed by atoms with Crippen LogP contribution in [0.3, 0.4) is 0 Å². The summed E-state index contributed by atoms with van der Waals surface area (Å²) in [7, 11) is 0. The first-order valence-corrected chi connectivity index (χ1v) is 3.68. The maximum absolute atomic E-state index is 4.28. The van der Waals surface area contributed by atoms with Crippen molar-refractivity contribution in [2.45, 2.75) is 0 Å². The van der Waals surface area contributed by atoms with Gasteiger partial charge in [-0.15, -0.1) is 0 Å². The Morgan fingerprint density at radius 1 is 1.18 bits per heavy atom. The Kier molecular flexibility index (Phi) is 1.69. The van der Waals surface area contributed by atoms with Gasteiger partial charge in [-0.25, -0.2) is 0 Å². The normalized spacial score (nSPS) is 10.4. The number of pyridine rings is 1. The second kappa shape index (κ2) is 2.69. The van der Waals surface area contributed by atoms with Crippen molar-refractivity contribution < 1.29 is 0 Å². The molecule has 0 saturated heterocycles. The Bertz CT molecular complexity index is 384. The van der Waals surface area contributed by atoms with Gasteiger partial charge in [0.15, 0.2) is 0 Å². The number of rotatable bonds is 0. The second-order valence-corrected chi connectivity index (χ2v) is 2.71. The standard InChI is InChI=1S/C9H6N.Li/c1-2-6-9-8(4-1)5-3-7-10-9;/h1-2,4-7H;. The average molecular weight is 135 g/mol. The predicted octanol–water partition coefficient (Wildman–Crippen LogP) is 1.03. The van der Waals surface area contributed by atoms with Gasteiger partial charge < -0.3 is 0 Å². The van der Waals surface area contributed by atoms with Crippen LogP contribution in [0.2, 0.25) is 0 Å². The summed E-state index contributed by atoms with van der Waals surface area (Å²) in [6.45, 7) is 0. The van der Waals surface area contributed by atoms with Crippen molar-refractivity contribution in [1.29, 1.82) is 0 Å². The first-order valence-electron chi connectivity index (χ1n) is 3.68. The van der Waals surface area contributed by atoms with E-state index in [0.717, 1.165) is 5.52 Å². The van der Waals surface area contributed by atoms with E-state index >= 15 is 0 Å². The van der Waals surface area contributed by atoms with Crippen LogP contribution in [0.25, 0.3) is 10.9 Å².